The van der Waals surface area contributed by atoms with Gasteiger partial charge in [-0.05, 0) is 0 Å². The average Bonchev–Trinajstić information content (AvgIpc) is 1.85. The highest BCUT2D eigenvalue weighted by atomic mass is 16.2. The number of carbonyl (C=O) groups is 1. The summed E-state index contributed by atoms with van der Waals surface area (Å²) in [6.45, 7) is 0.666. The Bertz CT molecular complexity index is 114. The zero-order valence-electron chi connectivity index (χ0n) is 5.01. The largest absolute Gasteiger partial charge is 0.332 e. The molecule has 4 heteroatoms. The van der Waals surface area contributed by atoms with E-state index < -0.39 is 0 Å². The molecule has 1 heterocycles. The molecule has 46 valence electrons. The van der Waals surface area contributed by atoms with E-state index in [-0.39, 0.29) is 6.03 Å². The van der Waals surface area contributed by atoms with E-state index in [0.717, 1.165) is 0 Å². The molecule has 1 aliphatic heterocycles. The number of hydrazine groups is 1. The summed E-state index contributed by atoms with van der Waals surface area (Å²) in [4.78, 5) is 12.2. The zero-order valence-corrected chi connectivity index (χ0v) is 5.01. The predicted octanol–water partition coefficient (Wildman–Crippen LogP) is -0.554. The number of hydrogen-bond donors (Lipinski definition) is 1. The summed E-state index contributed by atoms with van der Waals surface area (Å²) in [5.74, 6) is 0. The Hall–Kier alpha value is -0.770. The van der Waals surface area contributed by atoms with Crippen molar-refractivity contribution >= 4 is 6.03 Å². The number of carbonyl (C=O) groups excluding carboxylic acids is 1. The summed E-state index contributed by atoms with van der Waals surface area (Å²) < 4.78 is 0. The standard InChI is InChI=1S/C4H9N3O/c1-6-3-7(2)5-4(6)8/h3H2,1-2H3,(H,5,8). The van der Waals surface area contributed by atoms with Crippen molar-refractivity contribution in [3.8, 4) is 0 Å². The normalized spacial score (nSPS) is 21.8. The first-order valence-corrected chi connectivity index (χ1v) is 2.43. The molecule has 0 aliphatic carbocycles. The Morgan fingerprint density at radius 2 is 2.25 bits per heavy atom. The van der Waals surface area contributed by atoms with Gasteiger partial charge in [0.05, 0.1) is 6.67 Å². The molecule has 0 aromatic heterocycles. The Balaban J connectivity index is 2.51. The van der Waals surface area contributed by atoms with Crippen molar-refractivity contribution in [1.82, 2.24) is 15.3 Å². The minimum atomic E-state index is -0.0347. The highest BCUT2D eigenvalue weighted by Gasteiger charge is 2.18. The van der Waals surface area contributed by atoms with Gasteiger partial charge in [-0.25, -0.2) is 9.80 Å². The van der Waals surface area contributed by atoms with Crippen LogP contribution in [-0.4, -0.2) is 36.7 Å². The predicted molar refractivity (Wildman–Crippen MR) is 28.9 cm³/mol. The maximum absolute atomic E-state index is 10.6. The molecule has 0 aromatic carbocycles. The molecule has 1 fully saturated rings. The number of hydrogen-bond acceptors (Lipinski definition) is 2. The number of urea groups is 1. The summed E-state index contributed by atoms with van der Waals surface area (Å²) in [7, 11) is 3.57. The Morgan fingerprint density at radius 1 is 1.62 bits per heavy atom. The topological polar surface area (TPSA) is 35.6 Å². The average molecular weight is 115 g/mol. The lowest BCUT2D eigenvalue weighted by Crippen LogP contribution is -2.28. The van der Waals surface area contributed by atoms with Gasteiger partial charge in [0.2, 0.25) is 0 Å². The van der Waals surface area contributed by atoms with Gasteiger partial charge in [0.15, 0.2) is 0 Å². The Morgan fingerprint density at radius 3 is 2.38 bits per heavy atom. The van der Waals surface area contributed by atoms with Crippen LogP contribution in [0, 0.1) is 0 Å². The first-order valence-electron chi connectivity index (χ1n) is 2.43. The lowest BCUT2D eigenvalue weighted by Gasteiger charge is -2.03. The van der Waals surface area contributed by atoms with Crippen LogP contribution < -0.4 is 5.43 Å². The van der Waals surface area contributed by atoms with E-state index in [9.17, 15) is 4.79 Å². The second-order valence-electron chi connectivity index (χ2n) is 1.95. The first-order chi connectivity index (χ1) is 3.70. The van der Waals surface area contributed by atoms with Gasteiger partial charge in [-0.1, -0.05) is 0 Å². The molecule has 0 saturated carbocycles. The van der Waals surface area contributed by atoms with Gasteiger partial charge in [-0.3, -0.25) is 5.43 Å². The van der Waals surface area contributed by atoms with Gasteiger partial charge in [-0.15, -0.1) is 0 Å². The fourth-order valence-electron chi connectivity index (χ4n) is 0.666. The number of nitrogens with zero attached hydrogens (tertiary/aromatic N) is 2. The SMILES string of the molecule is CN1CN(C)C(=O)N1. The van der Waals surface area contributed by atoms with Gasteiger partial charge in [0.25, 0.3) is 0 Å². The van der Waals surface area contributed by atoms with E-state index >= 15 is 0 Å². The van der Waals surface area contributed by atoms with Crippen molar-refractivity contribution in [1.29, 1.82) is 0 Å². The number of amides is 2. The third-order valence-corrected chi connectivity index (χ3v) is 1.06. The molecule has 8 heavy (non-hydrogen) atoms. The zero-order chi connectivity index (χ0) is 6.15. The number of nitrogens with one attached hydrogen (secondary N) is 1. The lowest BCUT2D eigenvalue weighted by atomic mass is 10.8. The fourth-order valence-corrected chi connectivity index (χ4v) is 0.666. The summed E-state index contributed by atoms with van der Waals surface area (Å²) in [6.07, 6.45) is 0. The molecule has 0 bridgehead atoms. The van der Waals surface area contributed by atoms with Crippen molar-refractivity contribution < 1.29 is 4.79 Å². The van der Waals surface area contributed by atoms with Gasteiger partial charge >= 0.3 is 6.03 Å². The van der Waals surface area contributed by atoms with Gasteiger partial charge in [-0.2, -0.15) is 0 Å². The van der Waals surface area contributed by atoms with Crippen LogP contribution in [0.3, 0.4) is 0 Å². The van der Waals surface area contributed by atoms with Crippen LogP contribution >= 0.6 is 0 Å². The molecular weight excluding hydrogens is 106 g/mol. The molecule has 1 N–H and O–H groups in total. The fraction of sp³-hybridized carbons (Fsp3) is 0.750. The highest BCUT2D eigenvalue weighted by molar-refractivity contribution is 5.74. The first kappa shape index (κ1) is 5.37. The van der Waals surface area contributed by atoms with E-state index in [0.29, 0.717) is 6.67 Å². The summed E-state index contributed by atoms with van der Waals surface area (Å²) in [6, 6.07) is -0.0347. The van der Waals surface area contributed by atoms with Gasteiger partial charge in [0.1, 0.15) is 0 Å². The Labute approximate surface area is 48.0 Å². The van der Waals surface area contributed by atoms with Crippen LogP contribution in [-0.2, 0) is 0 Å². The third kappa shape index (κ3) is 0.742. The molecule has 1 rings (SSSR count). The summed E-state index contributed by atoms with van der Waals surface area (Å²) in [5, 5.41) is 1.72. The Kier molecular flexibility index (Phi) is 1.09. The van der Waals surface area contributed by atoms with Crippen LogP contribution in [0.4, 0.5) is 4.79 Å². The number of rotatable bonds is 0. The summed E-state index contributed by atoms with van der Waals surface area (Å²) >= 11 is 0. The van der Waals surface area contributed by atoms with E-state index in [1.54, 1.807) is 17.0 Å². The van der Waals surface area contributed by atoms with Crippen molar-refractivity contribution in [2.45, 2.75) is 0 Å². The third-order valence-electron chi connectivity index (χ3n) is 1.06. The quantitative estimate of drug-likeness (QED) is 0.459. The van der Waals surface area contributed by atoms with Crippen LogP contribution in [0.1, 0.15) is 0 Å². The second kappa shape index (κ2) is 1.63. The van der Waals surface area contributed by atoms with E-state index in [1.807, 2.05) is 7.05 Å². The lowest BCUT2D eigenvalue weighted by molar-refractivity contribution is 0.225. The molecule has 0 atom stereocenters. The molecule has 0 unspecified atom stereocenters. The molecular formula is C4H9N3O. The maximum Gasteiger partial charge on any atom is 0.332 e. The molecule has 1 aliphatic rings. The minimum absolute atomic E-state index is 0.0347. The smallest absolute Gasteiger partial charge is 0.312 e. The highest BCUT2D eigenvalue weighted by Crippen LogP contribution is 1.93. The van der Waals surface area contributed by atoms with Crippen LogP contribution in [0.15, 0.2) is 0 Å². The molecule has 2 amide bonds. The maximum atomic E-state index is 10.6. The van der Waals surface area contributed by atoms with E-state index in [4.69, 9.17) is 0 Å². The second-order valence-corrected chi connectivity index (χ2v) is 1.95. The summed E-state index contributed by atoms with van der Waals surface area (Å²) in [5.41, 5.74) is 2.59. The monoisotopic (exact) mass is 115 g/mol. The van der Waals surface area contributed by atoms with Gasteiger partial charge < -0.3 is 4.90 Å². The van der Waals surface area contributed by atoms with Crippen LogP contribution in [0.25, 0.3) is 0 Å². The van der Waals surface area contributed by atoms with Gasteiger partial charge in [0, 0.05) is 14.1 Å². The van der Waals surface area contributed by atoms with Crippen LogP contribution in [0.2, 0.25) is 0 Å². The van der Waals surface area contributed by atoms with Crippen molar-refractivity contribution in [2.75, 3.05) is 20.8 Å². The molecule has 1 saturated heterocycles. The van der Waals surface area contributed by atoms with Crippen molar-refractivity contribution in [3.05, 3.63) is 0 Å². The minimum Gasteiger partial charge on any atom is -0.312 e. The van der Waals surface area contributed by atoms with Crippen LogP contribution in [0.5, 0.6) is 0 Å². The molecule has 4 nitrogen and oxygen atoms in total. The van der Waals surface area contributed by atoms with E-state index in [1.165, 1.54) is 0 Å². The van der Waals surface area contributed by atoms with E-state index in [2.05, 4.69) is 5.43 Å². The molecule has 0 spiro atoms. The van der Waals surface area contributed by atoms with Crippen molar-refractivity contribution in [3.63, 3.8) is 0 Å². The molecule has 0 radical (unpaired) electrons. The molecule has 0 aromatic rings. The van der Waals surface area contributed by atoms with Crippen molar-refractivity contribution in [2.24, 2.45) is 0 Å².